The van der Waals surface area contributed by atoms with Crippen LogP contribution in [-0.2, 0) is 0 Å². The predicted molar refractivity (Wildman–Crippen MR) is 133 cm³/mol. The van der Waals surface area contributed by atoms with Crippen LogP contribution in [0.3, 0.4) is 0 Å². The van der Waals surface area contributed by atoms with Gasteiger partial charge in [0.05, 0.1) is 29.6 Å². The van der Waals surface area contributed by atoms with Gasteiger partial charge in [-0.1, -0.05) is 0 Å². The van der Waals surface area contributed by atoms with Crippen LogP contribution < -0.4 is 26.0 Å². The number of nitrogens with two attached hydrogens (primary N) is 1. The summed E-state index contributed by atoms with van der Waals surface area (Å²) in [5.74, 6) is -0.728. The zero-order chi connectivity index (χ0) is 24.9. The van der Waals surface area contributed by atoms with Crippen LogP contribution in [0.25, 0.3) is 16.6 Å². The standard InChI is InChI=1S/C24H27FN8O2/c1-12-9-32(10-13(2)28-12)19-6-5-16(20-17(19)8-27-24(31-20)35-4)23(34)30-15-7-18(25)22-29-14(3)21(26)33(22)11-15/h5-8,11-13,28H,9-10,26H2,1-4H3,(H,30,34). The Balaban J connectivity index is 1.55. The normalized spacial score (nSPS) is 18.3. The fourth-order valence-electron chi connectivity index (χ4n) is 4.67. The average molecular weight is 479 g/mol. The quantitative estimate of drug-likeness (QED) is 0.409. The number of nitrogens with zero attached hydrogens (tertiary/aromatic N) is 5. The summed E-state index contributed by atoms with van der Waals surface area (Å²) in [7, 11) is 1.47. The smallest absolute Gasteiger partial charge is 0.316 e. The number of imidazole rings is 1. The van der Waals surface area contributed by atoms with Gasteiger partial charge in [-0.15, -0.1) is 0 Å². The van der Waals surface area contributed by atoms with Crippen molar-refractivity contribution >= 4 is 39.6 Å². The van der Waals surface area contributed by atoms with Gasteiger partial charge >= 0.3 is 6.01 Å². The van der Waals surface area contributed by atoms with Crippen molar-refractivity contribution in [3.8, 4) is 6.01 Å². The number of nitrogen functional groups attached to an aromatic ring is 1. The van der Waals surface area contributed by atoms with E-state index < -0.39 is 11.7 Å². The lowest BCUT2D eigenvalue weighted by Crippen LogP contribution is -2.54. The Morgan fingerprint density at radius 1 is 1.26 bits per heavy atom. The van der Waals surface area contributed by atoms with Crippen molar-refractivity contribution in [2.24, 2.45) is 0 Å². The van der Waals surface area contributed by atoms with Gasteiger partial charge in [0, 0.05) is 54.7 Å². The second-order valence-corrected chi connectivity index (χ2v) is 8.93. The fraction of sp³-hybridized carbons (Fsp3) is 0.333. The minimum atomic E-state index is -0.589. The van der Waals surface area contributed by atoms with Crippen LogP contribution in [-0.4, -0.2) is 57.5 Å². The Morgan fingerprint density at radius 2 is 2.00 bits per heavy atom. The van der Waals surface area contributed by atoms with Crippen LogP contribution in [0.4, 0.5) is 21.6 Å². The topological polar surface area (TPSA) is 123 Å². The van der Waals surface area contributed by atoms with Gasteiger partial charge in [-0.3, -0.25) is 9.20 Å². The molecule has 2 atom stereocenters. The van der Waals surface area contributed by atoms with E-state index >= 15 is 0 Å². The average Bonchev–Trinajstić information content (AvgIpc) is 3.11. The molecule has 10 nitrogen and oxygen atoms in total. The number of benzene rings is 1. The maximum Gasteiger partial charge on any atom is 0.316 e. The van der Waals surface area contributed by atoms with Gasteiger partial charge in [0.15, 0.2) is 11.5 Å². The van der Waals surface area contributed by atoms with Gasteiger partial charge in [-0.2, -0.15) is 4.98 Å². The van der Waals surface area contributed by atoms with E-state index in [-0.39, 0.29) is 17.3 Å². The molecule has 1 amide bonds. The molecule has 4 aromatic rings. The summed E-state index contributed by atoms with van der Waals surface area (Å²) < 4.78 is 21.3. The van der Waals surface area contributed by atoms with E-state index in [2.05, 4.69) is 44.3 Å². The number of anilines is 3. The summed E-state index contributed by atoms with van der Waals surface area (Å²) in [6, 6.07) is 5.61. The van der Waals surface area contributed by atoms with Gasteiger partial charge in [0.25, 0.3) is 5.91 Å². The highest BCUT2D eigenvalue weighted by Gasteiger charge is 2.25. The van der Waals surface area contributed by atoms with Gasteiger partial charge in [-0.25, -0.2) is 14.4 Å². The molecule has 2 unspecified atom stereocenters. The number of aromatic nitrogens is 4. The van der Waals surface area contributed by atoms with Crippen molar-refractivity contribution in [3.05, 3.63) is 47.7 Å². The molecule has 0 saturated carbocycles. The number of carbonyl (C=O) groups excluding carboxylic acids is 1. The number of fused-ring (bicyclic) bond motifs is 2. The second kappa shape index (κ2) is 8.66. The number of ether oxygens (including phenoxy) is 1. The maximum atomic E-state index is 14.6. The molecule has 3 aromatic heterocycles. The number of hydrogen-bond donors (Lipinski definition) is 3. The molecule has 11 heteroatoms. The first kappa shape index (κ1) is 22.8. The van der Waals surface area contributed by atoms with Gasteiger partial charge in [0.2, 0.25) is 0 Å². The molecule has 0 radical (unpaired) electrons. The molecule has 0 spiro atoms. The predicted octanol–water partition coefficient (Wildman–Crippen LogP) is 2.75. The lowest BCUT2D eigenvalue weighted by molar-refractivity contribution is 0.102. The number of nitrogens with one attached hydrogen (secondary N) is 2. The zero-order valence-electron chi connectivity index (χ0n) is 20.0. The summed E-state index contributed by atoms with van der Waals surface area (Å²) in [6.45, 7) is 7.58. The van der Waals surface area contributed by atoms with E-state index in [1.165, 1.54) is 17.6 Å². The van der Waals surface area contributed by atoms with Gasteiger partial charge in [-0.05, 0) is 32.9 Å². The van der Waals surface area contributed by atoms with E-state index in [4.69, 9.17) is 10.5 Å². The number of hydrogen-bond acceptors (Lipinski definition) is 8. The Bertz CT molecular complexity index is 1440. The zero-order valence-corrected chi connectivity index (χ0v) is 20.0. The maximum absolute atomic E-state index is 14.6. The molecule has 0 bridgehead atoms. The lowest BCUT2D eigenvalue weighted by Gasteiger charge is -2.38. The molecule has 35 heavy (non-hydrogen) atoms. The third kappa shape index (κ3) is 4.08. The number of rotatable bonds is 4. The summed E-state index contributed by atoms with van der Waals surface area (Å²) in [6.07, 6.45) is 3.21. The number of pyridine rings is 1. The molecule has 1 aromatic carbocycles. The molecule has 182 valence electrons. The Kier molecular flexibility index (Phi) is 5.64. The highest BCUT2D eigenvalue weighted by Crippen LogP contribution is 2.31. The summed E-state index contributed by atoms with van der Waals surface area (Å²) in [4.78, 5) is 28.5. The minimum absolute atomic E-state index is 0.102. The molecule has 1 saturated heterocycles. The molecule has 1 aliphatic heterocycles. The summed E-state index contributed by atoms with van der Waals surface area (Å²) >= 11 is 0. The molecule has 4 N–H and O–H groups in total. The molecule has 1 fully saturated rings. The Labute approximate surface area is 201 Å². The summed E-state index contributed by atoms with van der Waals surface area (Å²) in [5.41, 5.74) is 8.57. The summed E-state index contributed by atoms with van der Waals surface area (Å²) in [5, 5.41) is 7.02. The number of carbonyl (C=O) groups is 1. The molecule has 4 heterocycles. The number of methoxy groups -OCH3 is 1. The lowest BCUT2D eigenvalue weighted by atomic mass is 10.0. The third-order valence-electron chi connectivity index (χ3n) is 6.18. The second-order valence-electron chi connectivity index (χ2n) is 8.93. The minimum Gasteiger partial charge on any atom is -0.467 e. The molecule has 1 aliphatic rings. The Morgan fingerprint density at radius 3 is 2.71 bits per heavy atom. The van der Waals surface area contributed by atoms with E-state index in [1.54, 1.807) is 25.4 Å². The van der Waals surface area contributed by atoms with Crippen molar-refractivity contribution in [2.75, 3.05) is 36.1 Å². The largest absolute Gasteiger partial charge is 0.467 e. The van der Waals surface area contributed by atoms with Crippen LogP contribution >= 0.6 is 0 Å². The number of amides is 1. The number of halogens is 1. The molecule has 5 rings (SSSR count). The SMILES string of the molecule is COc1ncc2c(N3CC(C)NC(C)C3)ccc(C(=O)Nc3cc(F)c4nc(C)c(N)n4c3)c2n1. The highest BCUT2D eigenvalue weighted by molar-refractivity contribution is 6.13. The fourth-order valence-corrected chi connectivity index (χ4v) is 4.67. The van der Waals surface area contributed by atoms with E-state index in [0.29, 0.717) is 34.7 Å². The van der Waals surface area contributed by atoms with Crippen LogP contribution in [0, 0.1) is 12.7 Å². The van der Waals surface area contributed by atoms with Crippen LogP contribution in [0.5, 0.6) is 6.01 Å². The molecular formula is C24H27FN8O2. The van der Waals surface area contributed by atoms with E-state index in [9.17, 15) is 9.18 Å². The van der Waals surface area contributed by atoms with Crippen molar-refractivity contribution in [2.45, 2.75) is 32.9 Å². The van der Waals surface area contributed by atoms with Crippen LogP contribution in [0.2, 0.25) is 0 Å². The third-order valence-corrected chi connectivity index (χ3v) is 6.18. The van der Waals surface area contributed by atoms with Crippen molar-refractivity contribution in [1.29, 1.82) is 0 Å². The number of piperazine rings is 1. The first-order chi connectivity index (χ1) is 16.7. The molecular weight excluding hydrogens is 451 g/mol. The van der Waals surface area contributed by atoms with Crippen LogP contribution in [0.15, 0.2) is 30.6 Å². The first-order valence-corrected chi connectivity index (χ1v) is 11.3. The van der Waals surface area contributed by atoms with Gasteiger partial charge in [0.1, 0.15) is 5.82 Å². The van der Waals surface area contributed by atoms with Crippen molar-refractivity contribution in [1.82, 2.24) is 24.7 Å². The van der Waals surface area contributed by atoms with E-state index in [1.807, 2.05) is 6.07 Å². The Hall–Kier alpha value is -3.99. The van der Waals surface area contributed by atoms with Gasteiger partial charge < -0.3 is 26.0 Å². The monoisotopic (exact) mass is 478 g/mol. The molecule has 0 aliphatic carbocycles. The number of aryl methyl sites for hydroxylation is 1. The van der Waals surface area contributed by atoms with Crippen molar-refractivity contribution < 1.29 is 13.9 Å². The van der Waals surface area contributed by atoms with Crippen LogP contribution in [0.1, 0.15) is 29.9 Å². The highest BCUT2D eigenvalue weighted by atomic mass is 19.1. The first-order valence-electron chi connectivity index (χ1n) is 11.3. The van der Waals surface area contributed by atoms with Crippen molar-refractivity contribution in [3.63, 3.8) is 0 Å². The van der Waals surface area contributed by atoms with E-state index in [0.717, 1.165) is 24.2 Å².